The molecule has 4 heteroatoms. The lowest BCUT2D eigenvalue weighted by Gasteiger charge is -2.15. The van der Waals surface area contributed by atoms with Crippen LogP contribution in [0.5, 0.6) is 0 Å². The van der Waals surface area contributed by atoms with E-state index in [0.29, 0.717) is 5.56 Å². The lowest BCUT2D eigenvalue weighted by atomic mass is 10.1. The Morgan fingerprint density at radius 1 is 1.38 bits per heavy atom. The van der Waals surface area contributed by atoms with Crippen LogP contribution in [0.2, 0.25) is 0 Å². The summed E-state index contributed by atoms with van der Waals surface area (Å²) in [5, 5.41) is 8.47. The van der Waals surface area contributed by atoms with E-state index in [4.69, 9.17) is 5.21 Å². The molecule has 0 aromatic heterocycles. The molecule has 0 spiro atoms. The highest BCUT2D eigenvalue weighted by atomic mass is 16.5. The third-order valence-electron chi connectivity index (χ3n) is 2.60. The van der Waals surface area contributed by atoms with Crippen molar-refractivity contribution in [2.24, 2.45) is 0 Å². The Hall–Kier alpha value is -1.81. The lowest BCUT2D eigenvalue weighted by Crippen LogP contribution is -2.18. The molecule has 0 atom stereocenters. The number of nitrogens with zero attached hydrogens (tertiary/aromatic N) is 1. The normalized spacial score (nSPS) is 14.2. The van der Waals surface area contributed by atoms with Crippen LogP contribution in [0.15, 0.2) is 36.5 Å². The number of carbonyl (C=O) groups is 1. The number of carbonyl (C=O) groups excluding carboxylic acids is 1. The molecule has 0 aliphatic carbocycles. The van der Waals surface area contributed by atoms with Gasteiger partial charge in [0.25, 0.3) is 5.91 Å². The molecule has 0 saturated heterocycles. The van der Waals surface area contributed by atoms with Crippen LogP contribution in [0.3, 0.4) is 0 Å². The molecule has 1 amide bonds. The highest BCUT2D eigenvalue weighted by Gasteiger charge is 2.06. The summed E-state index contributed by atoms with van der Waals surface area (Å²) in [7, 11) is 0. The molecule has 1 aromatic carbocycles. The molecule has 1 aromatic rings. The Labute approximate surface area is 94.1 Å². The summed E-state index contributed by atoms with van der Waals surface area (Å²) in [5.41, 5.74) is 3.23. The lowest BCUT2D eigenvalue weighted by molar-refractivity contribution is 0.0706. The van der Waals surface area contributed by atoms with Crippen LogP contribution in [0.4, 0.5) is 0 Å². The Bertz CT molecular complexity index is 398. The van der Waals surface area contributed by atoms with Gasteiger partial charge in [0.05, 0.1) is 0 Å². The van der Waals surface area contributed by atoms with Gasteiger partial charge in [0.2, 0.25) is 0 Å². The summed E-state index contributed by atoms with van der Waals surface area (Å²) in [5.74, 6) is -0.479. The van der Waals surface area contributed by atoms with Gasteiger partial charge in [-0.1, -0.05) is 18.2 Å². The average molecular weight is 218 g/mol. The number of amides is 1. The van der Waals surface area contributed by atoms with E-state index < -0.39 is 5.91 Å². The largest absolute Gasteiger partial charge is 0.373 e. The Morgan fingerprint density at radius 3 is 2.69 bits per heavy atom. The molecule has 84 valence electrons. The third kappa shape index (κ3) is 2.41. The minimum absolute atomic E-state index is 0.461. The minimum atomic E-state index is -0.479. The molecule has 0 fully saturated rings. The molecule has 2 rings (SSSR count). The predicted octanol–water partition coefficient (Wildman–Crippen LogP) is 1.53. The second kappa shape index (κ2) is 4.81. The standard InChI is InChI=1S/C12H14N2O2/c15-12(13-16)11-5-3-10(4-6-11)9-14-7-1-2-8-14/h1,3-7,16H,2,8-9H2,(H,13,15). The van der Waals surface area contributed by atoms with E-state index in [2.05, 4.69) is 17.2 Å². The van der Waals surface area contributed by atoms with Gasteiger partial charge in [0, 0.05) is 18.7 Å². The monoisotopic (exact) mass is 218 g/mol. The first-order valence-corrected chi connectivity index (χ1v) is 5.23. The van der Waals surface area contributed by atoms with Gasteiger partial charge in [-0.3, -0.25) is 10.0 Å². The zero-order valence-electron chi connectivity index (χ0n) is 8.89. The maximum atomic E-state index is 11.1. The molecule has 1 aliphatic rings. The Morgan fingerprint density at radius 2 is 2.12 bits per heavy atom. The van der Waals surface area contributed by atoms with Crippen molar-refractivity contribution in [2.75, 3.05) is 6.54 Å². The van der Waals surface area contributed by atoms with Gasteiger partial charge in [-0.05, 0) is 30.3 Å². The molecular weight excluding hydrogens is 204 g/mol. The van der Waals surface area contributed by atoms with Gasteiger partial charge in [0.1, 0.15) is 0 Å². The first-order chi connectivity index (χ1) is 7.79. The minimum Gasteiger partial charge on any atom is -0.373 e. The Kier molecular flexibility index (Phi) is 3.22. The first-order valence-electron chi connectivity index (χ1n) is 5.23. The smallest absolute Gasteiger partial charge is 0.274 e. The summed E-state index contributed by atoms with van der Waals surface area (Å²) < 4.78 is 0. The first kappa shape index (κ1) is 10.7. The average Bonchev–Trinajstić information content (AvgIpc) is 2.82. The van der Waals surface area contributed by atoms with Crippen LogP contribution in [0.25, 0.3) is 0 Å². The van der Waals surface area contributed by atoms with E-state index in [9.17, 15) is 4.79 Å². The van der Waals surface area contributed by atoms with Gasteiger partial charge in [-0.15, -0.1) is 0 Å². The van der Waals surface area contributed by atoms with E-state index in [0.717, 1.165) is 25.1 Å². The molecular formula is C12H14N2O2. The van der Waals surface area contributed by atoms with Gasteiger partial charge in [-0.2, -0.15) is 0 Å². The van der Waals surface area contributed by atoms with Crippen LogP contribution in [0.1, 0.15) is 22.3 Å². The van der Waals surface area contributed by atoms with Crippen LogP contribution in [-0.2, 0) is 6.54 Å². The Balaban J connectivity index is 2.01. The molecule has 16 heavy (non-hydrogen) atoms. The van der Waals surface area contributed by atoms with Crippen LogP contribution < -0.4 is 5.48 Å². The molecule has 2 N–H and O–H groups in total. The van der Waals surface area contributed by atoms with Crippen molar-refractivity contribution in [3.05, 3.63) is 47.7 Å². The number of hydrogen-bond acceptors (Lipinski definition) is 3. The number of benzene rings is 1. The maximum Gasteiger partial charge on any atom is 0.274 e. The van der Waals surface area contributed by atoms with Crippen molar-refractivity contribution >= 4 is 5.91 Å². The maximum absolute atomic E-state index is 11.1. The van der Waals surface area contributed by atoms with Gasteiger partial charge >= 0.3 is 0 Å². The summed E-state index contributed by atoms with van der Waals surface area (Å²) >= 11 is 0. The third-order valence-corrected chi connectivity index (χ3v) is 2.60. The van der Waals surface area contributed by atoms with Crippen molar-refractivity contribution < 1.29 is 10.0 Å². The number of nitrogens with one attached hydrogen (secondary N) is 1. The number of hydroxylamine groups is 1. The zero-order valence-corrected chi connectivity index (χ0v) is 8.89. The molecule has 0 saturated carbocycles. The van der Waals surface area contributed by atoms with E-state index >= 15 is 0 Å². The zero-order chi connectivity index (χ0) is 11.4. The quantitative estimate of drug-likeness (QED) is 0.597. The summed E-state index contributed by atoms with van der Waals surface area (Å²) in [6, 6.07) is 7.22. The van der Waals surface area contributed by atoms with E-state index in [1.807, 2.05) is 12.1 Å². The predicted molar refractivity (Wildman–Crippen MR) is 59.9 cm³/mol. The van der Waals surface area contributed by atoms with Crippen LogP contribution >= 0.6 is 0 Å². The van der Waals surface area contributed by atoms with Crippen LogP contribution in [0, 0.1) is 0 Å². The van der Waals surface area contributed by atoms with Crippen molar-refractivity contribution in [1.82, 2.24) is 10.4 Å². The fourth-order valence-corrected chi connectivity index (χ4v) is 1.73. The molecule has 1 aliphatic heterocycles. The van der Waals surface area contributed by atoms with E-state index in [1.54, 1.807) is 17.6 Å². The fourth-order valence-electron chi connectivity index (χ4n) is 1.73. The molecule has 0 radical (unpaired) electrons. The highest BCUT2D eigenvalue weighted by Crippen LogP contribution is 2.11. The molecule has 4 nitrogen and oxygen atoms in total. The summed E-state index contributed by atoms with van der Waals surface area (Å²) in [6.45, 7) is 1.91. The van der Waals surface area contributed by atoms with Gasteiger partial charge in [-0.25, -0.2) is 5.48 Å². The van der Waals surface area contributed by atoms with E-state index in [1.165, 1.54) is 0 Å². The fraction of sp³-hybridized carbons (Fsp3) is 0.250. The van der Waals surface area contributed by atoms with Gasteiger partial charge < -0.3 is 4.90 Å². The van der Waals surface area contributed by atoms with Crippen molar-refractivity contribution in [3.63, 3.8) is 0 Å². The van der Waals surface area contributed by atoms with Crippen molar-refractivity contribution in [1.29, 1.82) is 0 Å². The topological polar surface area (TPSA) is 52.6 Å². The second-order valence-corrected chi connectivity index (χ2v) is 3.78. The van der Waals surface area contributed by atoms with Crippen molar-refractivity contribution in [3.8, 4) is 0 Å². The summed E-state index contributed by atoms with van der Waals surface area (Å²) in [6.07, 6.45) is 5.34. The summed E-state index contributed by atoms with van der Waals surface area (Å²) in [4.78, 5) is 13.3. The molecule has 0 unspecified atom stereocenters. The van der Waals surface area contributed by atoms with Gasteiger partial charge in [0.15, 0.2) is 0 Å². The number of rotatable bonds is 3. The second-order valence-electron chi connectivity index (χ2n) is 3.78. The molecule has 1 heterocycles. The van der Waals surface area contributed by atoms with Crippen molar-refractivity contribution in [2.45, 2.75) is 13.0 Å². The van der Waals surface area contributed by atoms with E-state index in [-0.39, 0.29) is 0 Å². The van der Waals surface area contributed by atoms with Crippen LogP contribution in [-0.4, -0.2) is 22.6 Å². The SMILES string of the molecule is O=C(NO)c1ccc(CN2C=CCC2)cc1. The highest BCUT2D eigenvalue weighted by molar-refractivity contribution is 5.93. The number of hydrogen-bond donors (Lipinski definition) is 2. The molecule has 0 bridgehead atoms.